The van der Waals surface area contributed by atoms with Crippen LogP contribution in [-0.2, 0) is 17.8 Å². The molecule has 0 aliphatic carbocycles. The molecule has 5 nitrogen and oxygen atoms in total. The first-order chi connectivity index (χ1) is 8.13. The number of hydrogen-bond donors (Lipinski definition) is 2. The fourth-order valence-electron chi connectivity index (χ4n) is 1.95. The summed E-state index contributed by atoms with van der Waals surface area (Å²) in [5, 5.41) is 12.3. The fraction of sp³-hybridized carbons (Fsp3) is 0.333. The van der Waals surface area contributed by atoms with Crippen molar-refractivity contribution in [1.29, 1.82) is 0 Å². The summed E-state index contributed by atoms with van der Waals surface area (Å²) in [6.45, 7) is 2.46. The number of benzene rings is 1. The van der Waals surface area contributed by atoms with E-state index in [1.807, 2.05) is 19.1 Å². The second kappa shape index (κ2) is 4.45. The lowest BCUT2D eigenvalue weighted by atomic mass is 10.1. The summed E-state index contributed by atoms with van der Waals surface area (Å²) in [4.78, 5) is 22.6. The highest BCUT2D eigenvalue weighted by atomic mass is 16.4. The number of nitrogens with zero attached hydrogens (tertiary/aromatic N) is 1. The topological polar surface area (TPSA) is 75.1 Å². The van der Waals surface area contributed by atoms with Crippen LogP contribution in [0.5, 0.6) is 0 Å². The van der Waals surface area contributed by atoms with Gasteiger partial charge in [0.2, 0.25) is 0 Å². The Hall–Kier alpha value is -2.04. The van der Waals surface area contributed by atoms with E-state index in [0.29, 0.717) is 18.4 Å². The van der Waals surface area contributed by atoms with Crippen LogP contribution in [0.2, 0.25) is 0 Å². The summed E-state index contributed by atoms with van der Waals surface area (Å²) in [6, 6.07) is 5.46. The Labute approximate surface area is 97.7 Å². The second-order valence-corrected chi connectivity index (χ2v) is 3.89. The minimum absolute atomic E-state index is 0.0376. The quantitative estimate of drug-likeness (QED) is 0.838. The first-order valence-corrected chi connectivity index (χ1v) is 5.55. The van der Waals surface area contributed by atoms with E-state index in [1.54, 1.807) is 6.07 Å². The van der Waals surface area contributed by atoms with E-state index in [2.05, 4.69) is 5.10 Å². The zero-order valence-corrected chi connectivity index (χ0v) is 9.56. The van der Waals surface area contributed by atoms with E-state index in [0.717, 1.165) is 11.1 Å². The maximum atomic E-state index is 12.0. The smallest absolute Gasteiger partial charge is 0.303 e. The highest BCUT2D eigenvalue weighted by molar-refractivity contribution is 5.82. The molecular formula is C12H14N2O3. The van der Waals surface area contributed by atoms with Crippen LogP contribution in [0, 0.1) is 0 Å². The van der Waals surface area contributed by atoms with Gasteiger partial charge in [0.15, 0.2) is 0 Å². The van der Waals surface area contributed by atoms with Gasteiger partial charge in [-0.1, -0.05) is 12.1 Å². The minimum Gasteiger partial charge on any atom is -0.481 e. The van der Waals surface area contributed by atoms with Gasteiger partial charge in [0.25, 0.3) is 5.56 Å². The van der Waals surface area contributed by atoms with Crippen molar-refractivity contribution in [2.45, 2.75) is 26.3 Å². The zero-order valence-electron chi connectivity index (χ0n) is 9.56. The van der Waals surface area contributed by atoms with Gasteiger partial charge in [0, 0.05) is 13.0 Å². The third-order valence-corrected chi connectivity index (χ3v) is 2.79. The van der Waals surface area contributed by atoms with E-state index < -0.39 is 5.97 Å². The fourth-order valence-corrected chi connectivity index (χ4v) is 1.95. The number of hydrogen-bond acceptors (Lipinski definition) is 2. The van der Waals surface area contributed by atoms with Crippen LogP contribution in [0.1, 0.15) is 18.9 Å². The Morgan fingerprint density at radius 3 is 2.88 bits per heavy atom. The Balaban J connectivity index is 2.52. The molecular weight excluding hydrogens is 220 g/mol. The summed E-state index contributed by atoms with van der Waals surface area (Å²) < 4.78 is 1.52. The molecule has 1 aromatic carbocycles. The predicted octanol–water partition coefficient (Wildman–Crippen LogP) is 1.37. The number of carboxylic acids is 1. The number of H-pyrrole nitrogens is 1. The van der Waals surface area contributed by atoms with E-state index in [4.69, 9.17) is 5.11 Å². The molecule has 1 heterocycles. The highest BCUT2D eigenvalue weighted by Gasteiger charge is 2.10. The molecule has 0 amide bonds. The van der Waals surface area contributed by atoms with Gasteiger partial charge >= 0.3 is 5.97 Å². The molecule has 0 saturated carbocycles. The van der Waals surface area contributed by atoms with Gasteiger partial charge < -0.3 is 5.11 Å². The Morgan fingerprint density at radius 1 is 1.47 bits per heavy atom. The van der Waals surface area contributed by atoms with E-state index in [9.17, 15) is 9.59 Å². The summed E-state index contributed by atoms with van der Waals surface area (Å²) in [5.41, 5.74) is 1.47. The molecule has 0 saturated heterocycles. The molecule has 0 bridgehead atoms. The maximum Gasteiger partial charge on any atom is 0.303 e. The van der Waals surface area contributed by atoms with Gasteiger partial charge in [0.05, 0.1) is 10.9 Å². The summed E-state index contributed by atoms with van der Waals surface area (Å²) in [6.07, 6.45) is 0.416. The summed E-state index contributed by atoms with van der Waals surface area (Å²) >= 11 is 0. The van der Waals surface area contributed by atoms with Crippen molar-refractivity contribution in [3.63, 3.8) is 0 Å². The van der Waals surface area contributed by atoms with Crippen LogP contribution in [0.15, 0.2) is 23.0 Å². The van der Waals surface area contributed by atoms with Crippen LogP contribution in [0.3, 0.4) is 0 Å². The Kier molecular flexibility index (Phi) is 2.99. The number of fused-ring (bicyclic) bond motifs is 1. The number of aromatic amines is 1. The number of aryl methyl sites for hydroxylation is 2. The SMILES string of the molecule is CCn1[nH]c2cccc(CCC(=O)O)c2c1=O. The molecule has 90 valence electrons. The van der Waals surface area contributed by atoms with Gasteiger partial charge in [-0.15, -0.1) is 0 Å². The first kappa shape index (κ1) is 11.4. The van der Waals surface area contributed by atoms with E-state index in [1.165, 1.54) is 4.68 Å². The average molecular weight is 234 g/mol. The lowest BCUT2D eigenvalue weighted by Gasteiger charge is -1.98. The lowest BCUT2D eigenvalue weighted by Crippen LogP contribution is -2.15. The number of carboxylic acid groups (broad SMARTS) is 1. The van der Waals surface area contributed by atoms with Crippen molar-refractivity contribution in [2.75, 3.05) is 0 Å². The van der Waals surface area contributed by atoms with E-state index >= 15 is 0 Å². The molecule has 0 unspecified atom stereocenters. The van der Waals surface area contributed by atoms with Crippen molar-refractivity contribution in [1.82, 2.24) is 9.78 Å². The predicted molar refractivity (Wildman–Crippen MR) is 64.2 cm³/mol. The van der Waals surface area contributed by atoms with Gasteiger partial charge in [-0.3, -0.25) is 19.4 Å². The van der Waals surface area contributed by atoms with Crippen LogP contribution < -0.4 is 5.56 Å². The zero-order chi connectivity index (χ0) is 12.4. The molecule has 2 N–H and O–H groups in total. The molecule has 0 radical (unpaired) electrons. The second-order valence-electron chi connectivity index (χ2n) is 3.89. The third-order valence-electron chi connectivity index (χ3n) is 2.79. The molecule has 0 atom stereocenters. The molecule has 2 rings (SSSR count). The van der Waals surface area contributed by atoms with Crippen molar-refractivity contribution in [3.8, 4) is 0 Å². The van der Waals surface area contributed by atoms with Crippen molar-refractivity contribution in [3.05, 3.63) is 34.1 Å². The molecule has 0 spiro atoms. The molecule has 1 aromatic heterocycles. The van der Waals surface area contributed by atoms with E-state index in [-0.39, 0.29) is 12.0 Å². The third kappa shape index (κ3) is 2.08. The van der Waals surface area contributed by atoms with Gasteiger partial charge in [-0.2, -0.15) is 0 Å². The van der Waals surface area contributed by atoms with Gasteiger partial charge in [0.1, 0.15) is 0 Å². The van der Waals surface area contributed by atoms with Crippen LogP contribution in [0.4, 0.5) is 0 Å². The Morgan fingerprint density at radius 2 is 2.24 bits per heavy atom. The summed E-state index contributed by atoms with van der Waals surface area (Å²) in [5.74, 6) is -0.853. The highest BCUT2D eigenvalue weighted by Crippen LogP contribution is 2.15. The van der Waals surface area contributed by atoms with Gasteiger partial charge in [-0.05, 0) is 25.0 Å². The molecule has 0 aliphatic rings. The van der Waals surface area contributed by atoms with Crippen molar-refractivity contribution < 1.29 is 9.90 Å². The number of rotatable bonds is 4. The monoisotopic (exact) mass is 234 g/mol. The number of aromatic nitrogens is 2. The molecule has 0 fully saturated rings. The lowest BCUT2D eigenvalue weighted by molar-refractivity contribution is -0.136. The normalized spacial score (nSPS) is 10.9. The van der Waals surface area contributed by atoms with Crippen LogP contribution in [0.25, 0.3) is 10.9 Å². The maximum absolute atomic E-state index is 12.0. The molecule has 17 heavy (non-hydrogen) atoms. The number of carbonyl (C=O) groups is 1. The van der Waals surface area contributed by atoms with Crippen molar-refractivity contribution in [2.24, 2.45) is 0 Å². The van der Waals surface area contributed by atoms with Crippen LogP contribution >= 0.6 is 0 Å². The Bertz CT molecular complexity index is 610. The number of nitrogens with one attached hydrogen (secondary N) is 1. The van der Waals surface area contributed by atoms with Gasteiger partial charge in [-0.25, -0.2) is 0 Å². The molecule has 5 heteroatoms. The standard InChI is InChI=1S/C12H14N2O3/c1-2-14-12(17)11-8(6-7-10(15)16)4-3-5-9(11)13-14/h3-5,13H,2,6-7H2,1H3,(H,15,16). The van der Waals surface area contributed by atoms with Crippen molar-refractivity contribution >= 4 is 16.9 Å². The minimum atomic E-state index is -0.853. The average Bonchev–Trinajstić information content (AvgIpc) is 2.64. The largest absolute Gasteiger partial charge is 0.481 e. The summed E-state index contributed by atoms with van der Waals surface area (Å²) in [7, 11) is 0. The molecule has 0 aliphatic heterocycles. The molecule has 2 aromatic rings. The van der Waals surface area contributed by atoms with Crippen LogP contribution in [-0.4, -0.2) is 20.9 Å². The first-order valence-electron chi connectivity index (χ1n) is 5.55. The number of aliphatic carboxylic acids is 1.